The summed E-state index contributed by atoms with van der Waals surface area (Å²) in [5.74, 6) is 0.108. The van der Waals surface area contributed by atoms with Gasteiger partial charge in [-0.3, -0.25) is 9.78 Å². The molecule has 3 rings (SSSR count). The standard InChI is InChI=1S/C20H23ClN2O3/c21-15-4-1-14(2-5-15)3-8-19(25)23-16-9-11-20(26,12-10-16)18-7-6-17(24)13-22-18/h1-2,4-7,13,16,24,26H,3,8-12H2,(H,23,25)/t16-,20+. The normalized spacial score (nSPS) is 22.8. The van der Waals surface area contributed by atoms with Crippen molar-refractivity contribution in [2.75, 3.05) is 0 Å². The number of nitrogens with zero attached hydrogens (tertiary/aromatic N) is 1. The number of carbonyl (C=O) groups excluding carboxylic acids is 1. The lowest BCUT2D eigenvalue weighted by Gasteiger charge is -2.35. The molecule has 5 nitrogen and oxygen atoms in total. The molecule has 1 fully saturated rings. The first-order valence-corrected chi connectivity index (χ1v) is 9.24. The zero-order valence-corrected chi connectivity index (χ0v) is 15.2. The molecule has 0 spiro atoms. The van der Waals surface area contributed by atoms with Crippen LogP contribution < -0.4 is 5.32 Å². The van der Waals surface area contributed by atoms with Crippen LogP contribution in [-0.2, 0) is 16.8 Å². The molecule has 0 aliphatic heterocycles. The first-order chi connectivity index (χ1) is 12.4. The van der Waals surface area contributed by atoms with E-state index in [9.17, 15) is 15.0 Å². The summed E-state index contributed by atoms with van der Waals surface area (Å²) in [6.45, 7) is 0. The summed E-state index contributed by atoms with van der Waals surface area (Å²) >= 11 is 5.86. The average Bonchev–Trinajstić information content (AvgIpc) is 2.64. The molecule has 138 valence electrons. The maximum Gasteiger partial charge on any atom is 0.220 e. The third kappa shape index (κ3) is 4.74. The number of aromatic hydroxyl groups is 1. The van der Waals surface area contributed by atoms with Gasteiger partial charge in [-0.15, -0.1) is 0 Å². The predicted octanol–water partition coefficient (Wildman–Crippen LogP) is 3.32. The van der Waals surface area contributed by atoms with Crippen molar-refractivity contribution in [1.29, 1.82) is 0 Å². The van der Waals surface area contributed by atoms with Crippen LogP contribution in [-0.4, -0.2) is 27.1 Å². The van der Waals surface area contributed by atoms with Crippen molar-refractivity contribution in [3.05, 3.63) is 58.9 Å². The smallest absolute Gasteiger partial charge is 0.220 e. The van der Waals surface area contributed by atoms with Crippen LogP contribution in [0.2, 0.25) is 5.02 Å². The molecule has 1 saturated carbocycles. The molecule has 1 aromatic heterocycles. The second kappa shape index (κ2) is 8.06. The highest BCUT2D eigenvalue weighted by atomic mass is 35.5. The Hall–Kier alpha value is -2.11. The Labute approximate surface area is 158 Å². The van der Waals surface area contributed by atoms with Crippen LogP contribution in [0.1, 0.15) is 43.4 Å². The van der Waals surface area contributed by atoms with Gasteiger partial charge in [-0.05, 0) is 61.9 Å². The molecule has 1 aliphatic carbocycles. The summed E-state index contributed by atoms with van der Waals surface area (Å²) in [6, 6.07) is 10.8. The van der Waals surface area contributed by atoms with Gasteiger partial charge in [-0.25, -0.2) is 0 Å². The van der Waals surface area contributed by atoms with E-state index >= 15 is 0 Å². The minimum atomic E-state index is -0.988. The number of aromatic nitrogens is 1. The van der Waals surface area contributed by atoms with Gasteiger partial charge in [0.1, 0.15) is 11.4 Å². The lowest BCUT2D eigenvalue weighted by molar-refractivity contribution is -0.122. The van der Waals surface area contributed by atoms with E-state index in [1.807, 2.05) is 24.3 Å². The summed E-state index contributed by atoms with van der Waals surface area (Å²) in [5, 5.41) is 23.9. The van der Waals surface area contributed by atoms with E-state index in [0.29, 0.717) is 49.2 Å². The molecular weight excluding hydrogens is 352 g/mol. The number of aryl methyl sites for hydroxylation is 1. The minimum absolute atomic E-state index is 0.0261. The first kappa shape index (κ1) is 18.7. The highest BCUT2D eigenvalue weighted by molar-refractivity contribution is 6.30. The molecule has 6 heteroatoms. The van der Waals surface area contributed by atoms with E-state index in [1.54, 1.807) is 6.07 Å². The molecule has 26 heavy (non-hydrogen) atoms. The van der Waals surface area contributed by atoms with E-state index in [4.69, 9.17) is 11.6 Å². The predicted molar refractivity (Wildman–Crippen MR) is 100.0 cm³/mol. The van der Waals surface area contributed by atoms with Crippen molar-refractivity contribution in [3.8, 4) is 5.75 Å². The number of halogens is 1. The van der Waals surface area contributed by atoms with Crippen LogP contribution in [0.15, 0.2) is 42.6 Å². The Morgan fingerprint density at radius 3 is 2.50 bits per heavy atom. The molecule has 1 aromatic carbocycles. The van der Waals surface area contributed by atoms with Crippen molar-refractivity contribution in [2.45, 2.75) is 50.2 Å². The van der Waals surface area contributed by atoms with Crippen LogP contribution in [0.3, 0.4) is 0 Å². The number of hydrogen-bond donors (Lipinski definition) is 3. The number of benzene rings is 1. The van der Waals surface area contributed by atoms with Gasteiger partial charge in [0.05, 0.1) is 11.9 Å². The van der Waals surface area contributed by atoms with Crippen LogP contribution >= 0.6 is 11.6 Å². The van der Waals surface area contributed by atoms with Crippen molar-refractivity contribution < 1.29 is 15.0 Å². The zero-order chi connectivity index (χ0) is 18.6. The third-order valence-corrected chi connectivity index (χ3v) is 5.21. The van der Waals surface area contributed by atoms with Gasteiger partial charge in [-0.2, -0.15) is 0 Å². The van der Waals surface area contributed by atoms with Gasteiger partial charge in [0.25, 0.3) is 0 Å². The van der Waals surface area contributed by atoms with E-state index < -0.39 is 5.60 Å². The number of nitrogens with one attached hydrogen (secondary N) is 1. The first-order valence-electron chi connectivity index (χ1n) is 8.86. The van der Waals surface area contributed by atoms with E-state index in [-0.39, 0.29) is 17.7 Å². The summed E-state index contributed by atoms with van der Waals surface area (Å²) in [6.07, 6.45) is 4.92. The van der Waals surface area contributed by atoms with Gasteiger partial charge < -0.3 is 15.5 Å². The average molecular weight is 375 g/mol. The molecule has 1 aliphatic rings. The number of carbonyl (C=O) groups is 1. The Balaban J connectivity index is 1.46. The van der Waals surface area contributed by atoms with E-state index in [2.05, 4.69) is 10.3 Å². The molecule has 0 bridgehead atoms. The van der Waals surface area contributed by atoms with Gasteiger partial charge in [0, 0.05) is 17.5 Å². The molecular formula is C20H23ClN2O3. The lowest BCUT2D eigenvalue weighted by atomic mass is 9.80. The fraction of sp³-hybridized carbons (Fsp3) is 0.400. The van der Waals surface area contributed by atoms with Gasteiger partial charge in [0.15, 0.2) is 0 Å². The number of rotatable bonds is 5. The van der Waals surface area contributed by atoms with Gasteiger partial charge >= 0.3 is 0 Å². The summed E-state index contributed by atoms with van der Waals surface area (Å²) in [5.41, 5.74) is 0.668. The maximum atomic E-state index is 12.2. The Morgan fingerprint density at radius 2 is 1.88 bits per heavy atom. The molecule has 1 amide bonds. The third-order valence-electron chi connectivity index (χ3n) is 4.96. The zero-order valence-electron chi connectivity index (χ0n) is 14.5. The highest BCUT2D eigenvalue weighted by Gasteiger charge is 2.36. The molecule has 0 radical (unpaired) electrons. The summed E-state index contributed by atoms with van der Waals surface area (Å²) < 4.78 is 0. The van der Waals surface area contributed by atoms with Crippen molar-refractivity contribution in [2.24, 2.45) is 0 Å². The van der Waals surface area contributed by atoms with E-state index in [1.165, 1.54) is 12.3 Å². The second-order valence-corrected chi connectivity index (χ2v) is 7.34. The molecule has 0 atom stereocenters. The Bertz CT molecular complexity index is 739. The molecule has 0 unspecified atom stereocenters. The fourth-order valence-electron chi connectivity index (χ4n) is 3.37. The van der Waals surface area contributed by atoms with Crippen LogP contribution in [0.4, 0.5) is 0 Å². The highest BCUT2D eigenvalue weighted by Crippen LogP contribution is 2.36. The quantitative estimate of drug-likeness (QED) is 0.749. The van der Waals surface area contributed by atoms with E-state index in [0.717, 1.165) is 5.56 Å². The van der Waals surface area contributed by atoms with Crippen LogP contribution in [0.5, 0.6) is 5.75 Å². The molecule has 1 heterocycles. The van der Waals surface area contributed by atoms with Crippen LogP contribution in [0.25, 0.3) is 0 Å². The monoisotopic (exact) mass is 374 g/mol. The molecule has 0 saturated heterocycles. The van der Waals surface area contributed by atoms with Crippen molar-refractivity contribution in [1.82, 2.24) is 10.3 Å². The van der Waals surface area contributed by atoms with Crippen LogP contribution in [0, 0.1) is 0 Å². The van der Waals surface area contributed by atoms with Gasteiger partial charge in [-0.1, -0.05) is 23.7 Å². The number of hydrogen-bond acceptors (Lipinski definition) is 4. The Morgan fingerprint density at radius 1 is 1.19 bits per heavy atom. The fourth-order valence-corrected chi connectivity index (χ4v) is 3.49. The largest absolute Gasteiger partial charge is 0.506 e. The summed E-state index contributed by atoms with van der Waals surface area (Å²) in [4.78, 5) is 16.3. The second-order valence-electron chi connectivity index (χ2n) is 6.90. The SMILES string of the molecule is O=C(CCc1ccc(Cl)cc1)N[C@H]1CC[C@](O)(c2ccc(O)cn2)CC1. The number of pyridine rings is 1. The molecule has 2 aromatic rings. The number of amides is 1. The van der Waals surface area contributed by atoms with Gasteiger partial charge in [0.2, 0.25) is 5.91 Å². The van der Waals surface area contributed by atoms with Crippen molar-refractivity contribution in [3.63, 3.8) is 0 Å². The van der Waals surface area contributed by atoms with Crippen molar-refractivity contribution >= 4 is 17.5 Å². The Kier molecular flexibility index (Phi) is 5.79. The lowest BCUT2D eigenvalue weighted by Crippen LogP contribution is -2.42. The number of aliphatic hydroxyl groups is 1. The summed E-state index contributed by atoms with van der Waals surface area (Å²) in [7, 11) is 0. The minimum Gasteiger partial charge on any atom is -0.506 e. The molecule has 3 N–H and O–H groups in total. The maximum absolute atomic E-state index is 12.2. The topological polar surface area (TPSA) is 82.5 Å².